The van der Waals surface area contributed by atoms with Crippen molar-refractivity contribution < 1.29 is 4.79 Å². The number of dihydropyridines is 1. The molecule has 0 aromatic carbocycles. The number of carbonyl (C=O) groups is 1. The van der Waals surface area contributed by atoms with Gasteiger partial charge in [0.25, 0.3) is 0 Å². The van der Waals surface area contributed by atoms with Gasteiger partial charge in [0.2, 0.25) is 0 Å². The number of nitrogens with one attached hydrogen (secondary N) is 1. The molecule has 2 nitrogen and oxygen atoms in total. The maximum Gasteiger partial charge on any atom is 0.150 e. The first kappa shape index (κ1) is 7.80. The summed E-state index contributed by atoms with van der Waals surface area (Å²) in [4.78, 5) is 10.7. The monoisotopic (exact) mass is 171 g/mol. The molecule has 0 atom stereocenters. The van der Waals surface area contributed by atoms with Crippen LogP contribution in [0.3, 0.4) is 0 Å². The third-order valence-corrected chi connectivity index (χ3v) is 1.98. The lowest BCUT2D eigenvalue weighted by molar-refractivity contribution is -0.104. The molecular weight excluding hydrogens is 162 g/mol. The lowest BCUT2D eigenvalue weighted by Crippen LogP contribution is -2.11. The summed E-state index contributed by atoms with van der Waals surface area (Å²) >= 11 is 0. The zero-order valence-electron chi connectivity index (χ0n) is 7.03. The standard InChI is InChI=1S/C11H9NO/c13-8-9-4-1-2-6-11-10(9)5-3-7-12-11/h1-8,12H. The molecule has 0 amide bonds. The van der Waals surface area contributed by atoms with Gasteiger partial charge in [-0.1, -0.05) is 24.3 Å². The summed E-state index contributed by atoms with van der Waals surface area (Å²) in [7, 11) is 0. The molecule has 0 aromatic rings. The van der Waals surface area contributed by atoms with E-state index in [2.05, 4.69) is 5.32 Å². The molecule has 0 bridgehead atoms. The number of carbonyl (C=O) groups excluding carboxylic acids is 1. The third-order valence-electron chi connectivity index (χ3n) is 1.98. The molecule has 0 spiro atoms. The molecule has 1 aliphatic heterocycles. The van der Waals surface area contributed by atoms with Crippen LogP contribution in [0.1, 0.15) is 0 Å². The van der Waals surface area contributed by atoms with Gasteiger partial charge in [-0.15, -0.1) is 0 Å². The second-order valence-corrected chi connectivity index (χ2v) is 2.79. The summed E-state index contributed by atoms with van der Waals surface area (Å²) in [5, 5.41) is 3.09. The highest BCUT2D eigenvalue weighted by atomic mass is 16.1. The van der Waals surface area contributed by atoms with E-state index in [0.29, 0.717) is 5.57 Å². The van der Waals surface area contributed by atoms with Crippen molar-refractivity contribution in [1.82, 2.24) is 5.32 Å². The van der Waals surface area contributed by atoms with Crippen LogP contribution in [0.25, 0.3) is 0 Å². The van der Waals surface area contributed by atoms with E-state index in [-0.39, 0.29) is 0 Å². The molecule has 2 heteroatoms. The Balaban J connectivity index is 2.51. The average molecular weight is 171 g/mol. The zero-order chi connectivity index (χ0) is 9.10. The third kappa shape index (κ3) is 1.38. The van der Waals surface area contributed by atoms with Crippen LogP contribution in [-0.2, 0) is 4.79 Å². The highest BCUT2D eigenvalue weighted by Gasteiger charge is 2.11. The van der Waals surface area contributed by atoms with Crippen LogP contribution in [0, 0.1) is 0 Å². The van der Waals surface area contributed by atoms with Gasteiger partial charge in [-0.3, -0.25) is 4.79 Å². The first-order valence-corrected chi connectivity index (χ1v) is 4.10. The van der Waals surface area contributed by atoms with Crippen LogP contribution in [0.5, 0.6) is 0 Å². The van der Waals surface area contributed by atoms with Gasteiger partial charge in [0.15, 0.2) is 6.29 Å². The minimum atomic E-state index is 0.705. The fourth-order valence-corrected chi connectivity index (χ4v) is 1.34. The van der Waals surface area contributed by atoms with Crippen LogP contribution in [0.4, 0.5) is 0 Å². The Morgan fingerprint density at radius 3 is 2.77 bits per heavy atom. The van der Waals surface area contributed by atoms with Crippen LogP contribution >= 0.6 is 0 Å². The highest BCUT2D eigenvalue weighted by Crippen LogP contribution is 2.21. The maximum atomic E-state index is 10.7. The molecule has 0 unspecified atom stereocenters. The Morgan fingerprint density at radius 2 is 1.92 bits per heavy atom. The largest absolute Gasteiger partial charge is 0.361 e. The summed E-state index contributed by atoms with van der Waals surface area (Å²) in [5.41, 5.74) is 2.62. The van der Waals surface area contributed by atoms with Gasteiger partial charge in [0, 0.05) is 23.0 Å². The lowest BCUT2D eigenvalue weighted by atomic mass is 10.0. The molecule has 1 N–H and O–H groups in total. The molecule has 1 aliphatic carbocycles. The van der Waals surface area contributed by atoms with E-state index in [1.54, 1.807) is 0 Å². The summed E-state index contributed by atoms with van der Waals surface area (Å²) < 4.78 is 0. The molecule has 2 aliphatic rings. The van der Waals surface area contributed by atoms with Crippen molar-refractivity contribution in [2.24, 2.45) is 0 Å². The number of rotatable bonds is 1. The summed E-state index contributed by atoms with van der Waals surface area (Å²) in [6.45, 7) is 0. The maximum absolute atomic E-state index is 10.7. The Kier molecular flexibility index (Phi) is 1.96. The van der Waals surface area contributed by atoms with E-state index < -0.39 is 0 Å². The van der Waals surface area contributed by atoms with Crippen molar-refractivity contribution >= 4 is 6.29 Å². The van der Waals surface area contributed by atoms with Gasteiger partial charge in [0.1, 0.15) is 0 Å². The molecule has 0 radical (unpaired) electrons. The van der Waals surface area contributed by atoms with Crippen molar-refractivity contribution in [3.8, 4) is 0 Å². The molecule has 64 valence electrons. The zero-order valence-corrected chi connectivity index (χ0v) is 7.03. The van der Waals surface area contributed by atoms with Crippen LogP contribution < -0.4 is 5.32 Å². The molecular formula is C11H9NO. The van der Waals surface area contributed by atoms with E-state index in [1.165, 1.54) is 0 Å². The Morgan fingerprint density at radius 1 is 1.08 bits per heavy atom. The fraction of sp³-hybridized carbons (Fsp3) is 0. The topological polar surface area (TPSA) is 29.1 Å². The first-order valence-electron chi connectivity index (χ1n) is 4.10. The van der Waals surface area contributed by atoms with Gasteiger partial charge < -0.3 is 5.32 Å². The second kappa shape index (κ2) is 3.27. The SMILES string of the molecule is O=CC1=CC=CC=C2NC=CC=C12. The van der Waals surface area contributed by atoms with Gasteiger partial charge in [0.05, 0.1) is 0 Å². The van der Waals surface area contributed by atoms with Gasteiger partial charge in [-0.25, -0.2) is 0 Å². The summed E-state index contributed by atoms with van der Waals surface area (Å²) in [5.74, 6) is 0. The lowest BCUT2D eigenvalue weighted by Gasteiger charge is -2.13. The fourth-order valence-electron chi connectivity index (χ4n) is 1.34. The van der Waals surface area contributed by atoms with Gasteiger partial charge >= 0.3 is 0 Å². The van der Waals surface area contributed by atoms with E-state index in [0.717, 1.165) is 17.6 Å². The molecule has 0 saturated carbocycles. The van der Waals surface area contributed by atoms with Gasteiger partial charge in [-0.05, 0) is 12.2 Å². The summed E-state index contributed by atoms with van der Waals surface area (Å²) in [6.07, 6.45) is 14.0. The first-order chi connectivity index (χ1) is 6.42. The van der Waals surface area contributed by atoms with E-state index in [1.807, 2.05) is 42.7 Å². The molecule has 0 saturated heterocycles. The predicted octanol–water partition coefficient (Wildman–Crippen LogP) is 1.61. The van der Waals surface area contributed by atoms with Crippen molar-refractivity contribution in [1.29, 1.82) is 0 Å². The van der Waals surface area contributed by atoms with Crippen molar-refractivity contribution in [3.63, 3.8) is 0 Å². The van der Waals surface area contributed by atoms with Crippen molar-refractivity contribution in [3.05, 3.63) is 59.5 Å². The predicted molar refractivity (Wildman–Crippen MR) is 51.7 cm³/mol. The van der Waals surface area contributed by atoms with Crippen LogP contribution in [0.2, 0.25) is 0 Å². The minimum absolute atomic E-state index is 0.705. The van der Waals surface area contributed by atoms with Crippen molar-refractivity contribution in [2.45, 2.75) is 0 Å². The number of hydrogen-bond acceptors (Lipinski definition) is 2. The second-order valence-electron chi connectivity index (χ2n) is 2.79. The Bertz CT molecular complexity index is 381. The number of aldehydes is 1. The Labute approximate surface area is 76.6 Å². The molecule has 2 rings (SSSR count). The number of hydrogen-bond donors (Lipinski definition) is 1. The minimum Gasteiger partial charge on any atom is -0.361 e. The quantitative estimate of drug-likeness (QED) is 0.607. The number of fused-ring (bicyclic) bond motifs is 1. The van der Waals surface area contributed by atoms with Gasteiger partial charge in [-0.2, -0.15) is 0 Å². The smallest absolute Gasteiger partial charge is 0.150 e. The molecule has 1 heterocycles. The van der Waals surface area contributed by atoms with E-state index in [9.17, 15) is 4.79 Å². The average Bonchev–Trinajstić information content (AvgIpc) is 2.39. The van der Waals surface area contributed by atoms with Crippen molar-refractivity contribution in [2.75, 3.05) is 0 Å². The highest BCUT2D eigenvalue weighted by molar-refractivity contribution is 5.84. The van der Waals surface area contributed by atoms with Crippen LogP contribution in [0.15, 0.2) is 59.5 Å². The molecule has 13 heavy (non-hydrogen) atoms. The molecule has 0 aromatic heterocycles. The normalized spacial score (nSPS) is 18.9. The number of allylic oxidation sites excluding steroid dienone is 7. The Hall–Kier alpha value is -1.83. The van der Waals surface area contributed by atoms with E-state index in [4.69, 9.17) is 0 Å². The molecule has 0 fully saturated rings. The van der Waals surface area contributed by atoms with E-state index >= 15 is 0 Å². The van der Waals surface area contributed by atoms with Crippen LogP contribution in [-0.4, -0.2) is 6.29 Å². The summed E-state index contributed by atoms with van der Waals surface area (Å²) in [6, 6.07) is 0.